The predicted octanol–water partition coefficient (Wildman–Crippen LogP) is 4.97. The largest absolute Gasteiger partial charge is 0.573 e. The Morgan fingerprint density at radius 1 is 1.07 bits per heavy atom. The van der Waals surface area contributed by atoms with Gasteiger partial charge in [0.15, 0.2) is 5.82 Å². The van der Waals surface area contributed by atoms with Gasteiger partial charge in [-0.3, -0.25) is 0 Å². The Balaban J connectivity index is 2.36. The maximum absolute atomic E-state index is 12.5. The molecule has 0 saturated heterocycles. The number of aryl methyl sites for hydroxylation is 1. The molecule has 9 heteroatoms. The van der Waals surface area contributed by atoms with E-state index in [0.717, 1.165) is 31.9 Å². The number of anilines is 1. The molecular weight excluding hydrogens is 375 g/mol. The molecule has 1 N–H and O–H groups in total. The number of nitrogens with zero attached hydrogens (tertiary/aromatic N) is 2. The molecule has 6 nitrogen and oxygen atoms in total. The van der Waals surface area contributed by atoms with Gasteiger partial charge in [-0.25, -0.2) is 4.98 Å². The van der Waals surface area contributed by atoms with Crippen LogP contribution in [0.2, 0.25) is 0 Å². The molecule has 0 unspecified atom stereocenters. The minimum atomic E-state index is -4.79. The van der Waals surface area contributed by atoms with Crippen LogP contribution in [0.5, 0.6) is 17.4 Å². The summed E-state index contributed by atoms with van der Waals surface area (Å²) in [6.45, 7) is 4.69. The van der Waals surface area contributed by atoms with Gasteiger partial charge in [0, 0.05) is 18.2 Å². The summed E-state index contributed by atoms with van der Waals surface area (Å²) in [5.74, 6) is 0.627. The molecule has 0 radical (unpaired) electrons. The zero-order chi connectivity index (χ0) is 20.7. The predicted molar refractivity (Wildman–Crippen MR) is 100 cm³/mol. The van der Waals surface area contributed by atoms with Gasteiger partial charge in [-0.15, -0.1) is 13.2 Å². The summed E-state index contributed by atoms with van der Waals surface area (Å²) in [5.41, 5.74) is 1.46. The zero-order valence-electron chi connectivity index (χ0n) is 16.3. The second kappa shape index (κ2) is 9.48. The van der Waals surface area contributed by atoms with Crippen LogP contribution in [0.15, 0.2) is 18.2 Å². The van der Waals surface area contributed by atoms with Crippen molar-refractivity contribution in [3.63, 3.8) is 0 Å². The van der Waals surface area contributed by atoms with E-state index < -0.39 is 6.36 Å². The molecular formula is C19H24F3N3O3. The van der Waals surface area contributed by atoms with Crippen molar-refractivity contribution in [2.75, 3.05) is 26.1 Å². The number of rotatable bonds is 9. The van der Waals surface area contributed by atoms with Crippen LogP contribution in [0, 0.1) is 6.92 Å². The first-order chi connectivity index (χ1) is 13.3. The number of benzene rings is 1. The summed E-state index contributed by atoms with van der Waals surface area (Å²) < 4.78 is 51.9. The monoisotopic (exact) mass is 399 g/mol. The fraction of sp³-hybridized carbons (Fsp3) is 0.474. The van der Waals surface area contributed by atoms with Crippen LogP contribution in [0.1, 0.15) is 31.9 Å². The van der Waals surface area contributed by atoms with E-state index in [4.69, 9.17) is 9.47 Å². The lowest BCUT2D eigenvalue weighted by Crippen LogP contribution is -2.17. The first-order valence-electron chi connectivity index (χ1n) is 8.89. The van der Waals surface area contributed by atoms with Gasteiger partial charge in [-0.2, -0.15) is 4.98 Å². The third kappa shape index (κ3) is 5.64. The molecule has 1 aromatic heterocycles. The van der Waals surface area contributed by atoms with Gasteiger partial charge in [-0.1, -0.05) is 19.8 Å². The van der Waals surface area contributed by atoms with E-state index in [2.05, 4.69) is 26.9 Å². The Morgan fingerprint density at radius 3 is 2.43 bits per heavy atom. The molecule has 0 spiro atoms. The summed E-state index contributed by atoms with van der Waals surface area (Å²) in [6, 6.07) is 3.77. The lowest BCUT2D eigenvalue weighted by Gasteiger charge is -2.16. The fourth-order valence-electron chi connectivity index (χ4n) is 2.64. The molecule has 0 atom stereocenters. The molecule has 1 aromatic carbocycles. The van der Waals surface area contributed by atoms with Gasteiger partial charge in [-0.05, 0) is 25.5 Å². The summed E-state index contributed by atoms with van der Waals surface area (Å²) >= 11 is 0. The minimum absolute atomic E-state index is 0.164. The number of unbranched alkanes of at least 4 members (excludes halogenated alkanes) is 2. The van der Waals surface area contributed by atoms with E-state index in [1.807, 2.05) is 0 Å². The molecule has 0 saturated carbocycles. The standard InChI is InChI=1S/C19H24F3N3O3/c1-5-6-7-10-23-17-12(2)24-16(18(25-17)27-4)14-9-8-13(11-15(14)26-3)28-19(20,21)22/h8-9,11H,5-7,10H2,1-4H3,(H,23,25). The molecule has 28 heavy (non-hydrogen) atoms. The van der Waals surface area contributed by atoms with E-state index in [0.29, 0.717) is 22.8 Å². The molecule has 154 valence electrons. The Kier molecular flexibility index (Phi) is 7.31. The van der Waals surface area contributed by atoms with E-state index in [1.54, 1.807) is 6.92 Å². The van der Waals surface area contributed by atoms with Crippen molar-refractivity contribution in [1.29, 1.82) is 0 Å². The molecule has 0 fully saturated rings. The average molecular weight is 399 g/mol. The van der Waals surface area contributed by atoms with Gasteiger partial charge in [0.2, 0.25) is 5.88 Å². The number of hydrogen-bond donors (Lipinski definition) is 1. The number of nitrogens with one attached hydrogen (secondary N) is 1. The van der Waals surface area contributed by atoms with Crippen molar-refractivity contribution >= 4 is 5.82 Å². The van der Waals surface area contributed by atoms with Crippen LogP contribution in [-0.4, -0.2) is 37.1 Å². The second-order valence-corrected chi connectivity index (χ2v) is 6.06. The highest BCUT2D eigenvalue weighted by atomic mass is 19.4. The molecule has 0 aliphatic carbocycles. The van der Waals surface area contributed by atoms with E-state index in [1.165, 1.54) is 26.4 Å². The molecule has 0 aliphatic rings. The van der Waals surface area contributed by atoms with Gasteiger partial charge in [0.1, 0.15) is 17.2 Å². The fourth-order valence-corrected chi connectivity index (χ4v) is 2.64. The lowest BCUT2D eigenvalue weighted by molar-refractivity contribution is -0.274. The van der Waals surface area contributed by atoms with Crippen LogP contribution in [0.25, 0.3) is 11.3 Å². The van der Waals surface area contributed by atoms with Crippen LogP contribution in [0.3, 0.4) is 0 Å². The first-order valence-corrected chi connectivity index (χ1v) is 8.89. The molecule has 1 heterocycles. The highest BCUT2D eigenvalue weighted by Crippen LogP contribution is 2.38. The number of hydrogen-bond acceptors (Lipinski definition) is 6. The maximum Gasteiger partial charge on any atom is 0.573 e. The third-order valence-corrected chi connectivity index (χ3v) is 3.97. The molecule has 2 aromatic rings. The van der Waals surface area contributed by atoms with Crippen LogP contribution in [0.4, 0.5) is 19.0 Å². The normalized spacial score (nSPS) is 11.2. The topological polar surface area (TPSA) is 65.5 Å². The van der Waals surface area contributed by atoms with E-state index in [9.17, 15) is 13.2 Å². The highest BCUT2D eigenvalue weighted by Gasteiger charge is 2.31. The number of alkyl halides is 3. The summed E-state index contributed by atoms with van der Waals surface area (Å²) in [6.07, 6.45) is -1.55. The van der Waals surface area contributed by atoms with Crippen molar-refractivity contribution < 1.29 is 27.4 Å². The van der Waals surface area contributed by atoms with Gasteiger partial charge in [0.05, 0.1) is 19.9 Å². The van der Waals surface area contributed by atoms with Crippen LogP contribution in [-0.2, 0) is 0 Å². The van der Waals surface area contributed by atoms with Gasteiger partial charge < -0.3 is 19.5 Å². The number of halogens is 3. The Morgan fingerprint density at radius 2 is 1.82 bits per heavy atom. The van der Waals surface area contributed by atoms with Crippen molar-refractivity contribution in [1.82, 2.24) is 9.97 Å². The maximum atomic E-state index is 12.5. The smallest absolute Gasteiger partial charge is 0.496 e. The SMILES string of the molecule is CCCCCNc1nc(OC)c(-c2ccc(OC(F)(F)F)cc2OC)nc1C. The number of aromatic nitrogens is 2. The van der Waals surface area contributed by atoms with Gasteiger partial charge in [0.25, 0.3) is 0 Å². The Labute approximate surface area is 162 Å². The Bertz CT molecular complexity index is 798. The van der Waals surface area contributed by atoms with E-state index >= 15 is 0 Å². The molecule has 0 bridgehead atoms. The molecule has 0 aliphatic heterocycles. The lowest BCUT2D eigenvalue weighted by atomic mass is 10.1. The van der Waals surface area contributed by atoms with Crippen molar-refractivity contribution in [3.8, 4) is 28.6 Å². The third-order valence-electron chi connectivity index (χ3n) is 3.97. The summed E-state index contributed by atoms with van der Waals surface area (Å²) in [4.78, 5) is 8.99. The highest BCUT2D eigenvalue weighted by molar-refractivity contribution is 5.73. The second-order valence-electron chi connectivity index (χ2n) is 6.06. The van der Waals surface area contributed by atoms with E-state index in [-0.39, 0.29) is 17.4 Å². The average Bonchev–Trinajstić information content (AvgIpc) is 2.64. The number of methoxy groups -OCH3 is 2. The van der Waals surface area contributed by atoms with Crippen molar-refractivity contribution in [2.45, 2.75) is 39.5 Å². The van der Waals surface area contributed by atoms with Crippen LogP contribution < -0.4 is 19.5 Å². The summed E-state index contributed by atoms with van der Waals surface area (Å²) in [5, 5.41) is 3.23. The number of ether oxygens (including phenoxy) is 3. The molecule has 0 amide bonds. The first kappa shape index (κ1) is 21.6. The Hall–Kier alpha value is -2.71. The van der Waals surface area contributed by atoms with Crippen LogP contribution >= 0.6 is 0 Å². The molecule has 2 rings (SSSR count). The zero-order valence-corrected chi connectivity index (χ0v) is 16.3. The minimum Gasteiger partial charge on any atom is -0.496 e. The van der Waals surface area contributed by atoms with Gasteiger partial charge >= 0.3 is 6.36 Å². The quantitative estimate of drug-likeness (QED) is 0.601. The summed E-state index contributed by atoms with van der Waals surface area (Å²) in [7, 11) is 2.81. The van der Waals surface area contributed by atoms with Crippen molar-refractivity contribution in [2.24, 2.45) is 0 Å². The van der Waals surface area contributed by atoms with Crippen molar-refractivity contribution in [3.05, 3.63) is 23.9 Å².